The topological polar surface area (TPSA) is 70.9 Å². The van der Waals surface area contributed by atoms with Crippen LogP contribution >= 0.6 is 0 Å². The van der Waals surface area contributed by atoms with Crippen molar-refractivity contribution < 1.29 is 27.8 Å². The van der Waals surface area contributed by atoms with E-state index in [1.54, 1.807) is 5.32 Å². The van der Waals surface area contributed by atoms with Gasteiger partial charge in [-0.3, -0.25) is 0 Å². The van der Waals surface area contributed by atoms with Crippen LogP contribution in [-0.4, -0.2) is 36.0 Å². The largest absolute Gasteiger partial charge is 0.465 e. The highest BCUT2D eigenvalue weighted by molar-refractivity contribution is 5.89. The van der Waals surface area contributed by atoms with E-state index in [0.717, 1.165) is 0 Å². The van der Waals surface area contributed by atoms with Crippen LogP contribution in [0, 0.1) is 0 Å². The first-order valence-electron chi connectivity index (χ1n) is 3.67. The van der Waals surface area contributed by atoms with Crippen molar-refractivity contribution in [1.29, 1.82) is 0 Å². The number of carboxylic acid groups (broad SMARTS) is 1. The van der Waals surface area contributed by atoms with Crippen LogP contribution in [0.3, 0.4) is 0 Å². The van der Waals surface area contributed by atoms with Gasteiger partial charge in [0.15, 0.2) is 6.10 Å². The van der Waals surface area contributed by atoms with Gasteiger partial charge in [0.25, 0.3) is 6.02 Å². The fraction of sp³-hybridized carbons (Fsp3) is 0.667. The number of ether oxygens (including phenoxy) is 1. The smallest absolute Gasteiger partial charge is 0.425 e. The Labute approximate surface area is 76.6 Å². The third-order valence-electron chi connectivity index (χ3n) is 1.48. The standard InChI is InChI=1S/C6H7F3N2O3/c7-6(8,9)3-1-2-10-4(14-3)11-5(12)13/h3H,1-2H2,(H,10,11)(H,12,13). The summed E-state index contributed by atoms with van der Waals surface area (Å²) >= 11 is 0. The van der Waals surface area contributed by atoms with E-state index in [1.165, 1.54) is 0 Å². The highest BCUT2D eigenvalue weighted by Gasteiger charge is 2.43. The van der Waals surface area contributed by atoms with Crippen LogP contribution in [0.1, 0.15) is 6.42 Å². The van der Waals surface area contributed by atoms with Gasteiger partial charge in [-0.1, -0.05) is 0 Å². The lowest BCUT2D eigenvalue weighted by Gasteiger charge is -2.24. The third kappa shape index (κ3) is 2.79. The molecule has 0 aromatic heterocycles. The summed E-state index contributed by atoms with van der Waals surface area (Å²) < 4.78 is 40.6. The van der Waals surface area contributed by atoms with Gasteiger partial charge in [-0.15, -0.1) is 0 Å². The van der Waals surface area contributed by atoms with E-state index in [9.17, 15) is 18.0 Å². The molecule has 5 nitrogen and oxygen atoms in total. The van der Waals surface area contributed by atoms with Gasteiger partial charge in [0.05, 0.1) is 0 Å². The lowest BCUT2D eigenvalue weighted by Crippen LogP contribution is -2.43. The van der Waals surface area contributed by atoms with Gasteiger partial charge < -0.3 is 9.84 Å². The highest BCUT2D eigenvalue weighted by Crippen LogP contribution is 2.26. The molecule has 1 aliphatic rings. The molecule has 0 spiro atoms. The third-order valence-corrected chi connectivity index (χ3v) is 1.48. The van der Waals surface area contributed by atoms with Crippen LogP contribution in [-0.2, 0) is 4.74 Å². The average molecular weight is 212 g/mol. The predicted molar refractivity (Wildman–Crippen MR) is 39.0 cm³/mol. The summed E-state index contributed by atoms with van der Waals surface area (Å²) in [7, 11) is 0. The Balaban J connectivity index is 2.58. The second-order valence-electron chi connectivity index (χ2n) is 2.55. The molecule has 8 heteroatoms. The van der Waals surface area contributed by atoms with E-state index < -0.39 is 24.4 Å². The molecule has 14 heavy (non-hydrogen) atoms. The number of amides is 1. The van der Waals surface area contributed by atoms with Crippen LogP contribution in [0.15, 0.2) is 4.99 Å². The van der Waals surface area contributed by atoms with Gasteiger partial charge in [0, 0.05) is 13.0 Å². The molecule has 0 saturated carbocycles. The van der Waals surface area contributed by atoms with Gasteiger partial charge in [-0.25, -0.2) is 15.1 Å². The van der Waals surface area contributed by atoms with Crippen molar-refractivity contribution in [3.8, 4) is 0 Å². The van der Waals surface area contributed by atoms with Gasteiger partial charge in [-0.2, -0.15) is 13.2 Å². The summed E-state index contributed by atoms with van der Waals surface area (Å²) in [4.78, 5) is 13.5. The summed E-state index contributed by atoms with van der Waals surface area (Å²) in [5, 5.41) is 9.83. The molecule has 0 saturated heterocycles. The zero-order valence-corrected chi connectivity index (χ0v) is 6.84. The van der Waals surface area contributed by atoms with Crippen molar-refractivity contribution in [3.63, 3.8) is 0 Å². The second kappa shape index (κ2) is 3.72. The maximum atomic E-state index is 12.1. The average Bonchev–Trinajstić information content (AvgIpc) is 2.01. The number of nitrogens with zero attached hydrogens (tertiary/aromatic N) is 1. The molecule has 0 aliphatic carbocycles. The quantitative estimate of drug-likeness (QED) is 0.628. The number of hydrogen-bond acceptors (Lipinski definition) is 3. The summed E-state index contributed by atoms with van der Waals surface area (Å²) in [6, 6.07) is -0.605. The molecule has 0 fully saturated rings. The van der Waals surface area contributed by atoms with Gasteiger partial charge in [-0.05, 0) is 0 Å². The van der Waals surface area contributed by atoms with Gasteiger partial charge in [0.2, 0.25) is 0 Å². The monoisotopic (exact) mass is 212 g/mol. The molecule has 2 N–H and O–H groups in total. The number of carbonyl (C=O) groups is 1. The first-order chi connectivity index (χ1) is 6.39. The molecule has 1 aliphatic heterocycles. The number of halogens is 3. The number of aliphatic imine (C=N–C) groups is 1. The van der Waals surface area contributed by atoms with Crippen molar-refractivity contribution >= 4 is 12.1 Å². The van der Waals surface area contributed by atoms with Crippen molar-refractivity contribution in [1.82, 2.24) is 5.32 Å². The minimum absolute atomic E-state index is 0.111. The van der Waals surface area contributed by atoms with E-state index in [-0.39, 0.29) is 13.0 Å². The van der Waals surface area contributed by atoms with Crippen LogP contribution < -0.4 is 5.32 Å². The van der Waals surface area contributed by atoms with Crippen LogP contribution in [0.4, 0.5) is 18.0 Å². The molecule has 1 atom stereocenters. The summed E-state index contributed by atoms with van der Waals surface area (Å²) in [5.41, 5.74) is 0. The Morgan fingerprint density at radius 3 is 2.79 bits per heavy atom. The highest BCUT2D eigenvalue weighted by atomic mass is 19.4. The van der Waals surface area contributed by atoms with Crippen molar-refractivity contribution in [2.75, 3.05) is 6.54 Å². The molecule has 0 aromatic carbocycles. The Bertz CT molecular complexity index is 264. The molecule has 0 radical (unpaired) electrons. The zero-order valence-electron chi connectivity index (χ0n) is 6.84. The Hall–Kier alpha value is -1.47. The molecule has 0 bridgehead atoms. The van der Waals surface area contributed by atoms with Crippen LogP contribution in [0.5, 0.6) is 0 Å². The van der Waals surface area contributed by atoms with Gasteiger partial charge in [0.1, 0.15) is 0 Å². The summed E-state index contributed by atoms with van der Waals surface area (Å²) in [6.07, 6.45) is -8.29. The number of hydrogen-bond donors (Lipinski definition) is 2. The second-order valence-corrected chi connectivity index (χ2v) is 2.55. The molecule has 1 rings (SSSR count). The van der Waals surface area contributed by atoms with E-state index in [0.29, 0.717) is 0 Å². The zero-order chi connectivity index (χ0) is 10.8. The van der Waals surface area contributed by atoms with Crippen LogP contribution in [0.25, 0.3) is 0 Å². The molecule has 1 amide bonds. The number of rotatable bonds is 0. The molecule has 0 aromatic rings. The Morgan fingerprint density at radius 1 is 1.64 bits per heavy atom. The first kappa shape index (κ1) is 10.6. The van der Waals surface area contributed by atoms with Crippen molar-refractivity contribution in [2.45, 2.75) is 18.7 Å². The Morgan fingerprint density at radius 2 is 2.29 bits per heavy atom. The molecular weight excluding hydrogens is 205 g/mol. The predicted octanol–water partition coefficient (Wildman–Crippen LogP) is 0.961. The van der Waals surface area contributed by atoms with Gasteiger partial charge >= 0.3 is 12.3 Å². The summed E-state index contributed by atoms with van der Waals surface area (Å²) in [5.74, 6) is 0. The van der Waals surface area contributed by atoms with E-state index >= 15 is 0 Å². The molecule has 1 unspecified atom stereocenters. The fourth-order valence-electron chi connectivity index (χ4n) is 0.905. The maximum Gasteiger partial charge on any atom is 0.425 e. The first-order valence-corrected chi connectivity index (χ1v) is 3.67. The lowest BCUT2D eigenvalue weighted by molar-refractivity contribution is -0.202. The lowest BCUT2D eigenvalue weighted by atomic mass is 10.2. The summed E-state index contributed by atoms with van der Waals surface area (Å²) in [6.45, 7) is -0.111. The number of amidine groups is 1. The maximum absolute atomic E-state index is 12.1. The van der Waals surface area contributed by atoms with Crippen molar-refractivity contribution in [3.05, 3.63) is 0 Å². The fourth-order valence-corrected chi connectivity index (χ4v) is 0.905. The van der Waals surface area contributed by atoms with Crippen LogP contribution in [0.2, 0.25) is 0 Å². The SMILES string of the molecule is O=C(O)NC1=NCCC(C(F)(F)F)O1. The van der Waals surface area contributed by atoms with E-state index in [2.05, 4.69) is 9.73 Å². The van der Waals surface area contributed by atoms with E-state index in [4.69, 9.17) is 5.11 Å². The van der Waals surface area contributed by atoms with Crippen molar-refractivity contribution in [2.24, 2.45) is 4.99 Å². The molecular formula is C6H7F3N2O3. The molecule has 1 heterocycles. The Kier molecular flexibility index (Phi) is 2.82. The normalized spacial score (nSPS) is 22.2. The molecule has 80 valence electrons. The minimum atomic E-state index is -4.50. The number of nitrogens with one attached hydrogen (secondary N) is 1. The minimum Gasteiger partial charge on any atom is -0.465 e. The number of alkyl halides is 3. The van der Waals surface area contributed by atoms with E-state index in [1.807, 2.05) is 0 Å².